The van der Waals surface area contributed by atoms with Crippen LogP contribution < -0.4 is 10.1 Å². The van der Waals surface area contributed by atoms with Gasteiger partial charge in [0.15, 0.2) is 0 Å². The first-order chi connectivity index (χ1) is 16.5. The van der Waals surface area contributed by atoms with Crippen molar-refractivity contribution in [1.29, 1.82) is 0 Å². The highest BCUT2D eigenvalue weighted by Gasteiger charge is 2.16. The Hall–Kier alpha value is -4.03. The lowest BCUT2D eigenvalue weighted by molar-refractivity contribution is -0.111. The maximum Gasteiger partial charge on any atom is 0.250 e. The third kappa shape index (κ3) is 4.28. The third-order valence-electron chi connectivity index (χ3n) is 5.53. The Morgan fingerprint density at radius 1 is 1.18 bits per heavy atom. The van der Waals surface area contributed by atoms with Crippen molar-refractivity contribution >= 4 is 51.0 Å². The number of aromatic nitrogens is 2. The highest BCUT2D eigenvalue weighted by molar-refractivity contribution is 6.30. The Balaban J connectivity index is 1.50. The van der Waals surface area contributed by atoms with Crippen LogP contribution in [-0.4, -0.2) is 22.5 Å². The van der Waals surface area contributed by atoms with Gasteiger partial charge in [0.2, 0.25) is 5.95 Å². The van der Waals surface area contributed by atoms with Crippen LogP contribution in [0.4, 0.5) is 5.95 Å². The van der Waals surface area contributed by atoms with E-state index < -0.39 is 0 Å². The number of nitrogens with zero attached hydrogens (tertiary/aromatic N) is 1. The van der Waals surface area contributed by atoms with E-state index in [2.05, 4.69) is 15.3 Å². The number of hydrogen-bond donors (Lipinski definition) is 2. The normalized spacial score (nSPS) is 11.8. The summed E-state index contributed by atoms with van der Waals surface area (Å²) < 4.78 is 11.7. The van der Waals surface area contributed by atoms with Crippen molar-refractivity contribution in [3.63, 3.8) is 0 Å². The number of hydrogen-bond acceptors (Lipinski definition) is 4. The van der Waals surface area contributed by atoms with Crippen molar-refractivity contribution in [2.75, 3.05) is 11.9 Å². The van der Waals surface area contributed by atoms with E-state index in [1.54, 1.807) is 12.3 Å². The topological polar surface area (TPSA) is 80.2 Å². The minimum absolute atomic E-state index is 0.288. The quantitative estimate of drug-likeness (QED) is 0.259. The van der Waals surface area contributed by atoms with Crippen LogP contribution in [0.5, 0.6) is 5.75 Å². The molecule has 2 aromatic heterocycles. The molecule has 0 aliphatic rings. The molecule has 6 nitrogen and oxygen atoms in total. The Morgan fingerprint density at radius 2 is 1.97 bits per heavy atom. The van der Waals surface area contributed by atoms with Crippen LogP contribution in [0.1, 0.15) is 19.4 Å². The molecule has 0 saturated heterocycles. The first-order valence-electron chi connectivity index (χ1n) is 10.9. The summed E-state index contributed by atoms with van der Waals surface area (Å²) in [5, 5.41) is 4.40. The molecule has 2 N–H and O–H groups in total. The van der Waals surface area contributed by atoms with E-state index >= 15 is 0 Å². The number of H-pyrrole nitrogens is 1. The molecule has 170 valence electrons. The SMILES string of the molecule is CCOc1cc2occ(-c3ccc(Cl)cc3)c2cc1/C(C)=C/C(=O)Nc1nc2ccccc2[nH]1. The van der Waals surface area contributed by atoms with Crippen LogP contribution in [0, 0.1) is 0 Å². The molecule has 5 rings (SSSR count). The predicted octanol–water partition coefficient (Wildman–Crippen LogP) is 7.07. The molecule has 34 heavy (non-hydrogen) atoms. The molecule has 0 bridgehead atoms. The minimum Gasteiger partial charge on any atom is -0.493 e. The van der Waals surface area contributed by atoms with Crippen molar-refractivity contribution in [2.45, 2.75) is 13.8 Å². The van der Waals surface area contributed by atoms with E-state index in [0.717, 1.165) is 38.7 Å². The number of carbonyl (C=O) groups is 1. The molecule has 0 spiro atoms. The number of ether oxygens (including phenoxy) is 1. The largest absolute Gasteiger partial charge is 0.493 e. The van der Waals surface area contributed by atoms with Gasteiger partial charge < -0.3 is 14.1 Å². The Bertz CT molecular complexity index is 1500. The van der Waals surface area contributed by atoms with Crippen LogP contribution in [0.15, 0.2) is 77.4 Å². The molecule has 2 heterocycles. The molecule has 0 unspecified atom stereocenters. The lowest BCUT2D eigenvalue weighted by atomic mass is 9.99. The zero-order valence-electron chi connectivity index (χ0n) is 18.7. The van der Waals surface area contributed by atoms with Gasteiger partial charge >= 0.3 is 0 Å². The molecule has 0 aliphatic heterocycles. The fourth-order valence-electron chi connectivity index (χ4n) is 3.93. The van der Waals surface area contributed by atoms with Crippen LogP contribution in [0.25, 0.3) is 38.7 Å². The van der Waals surface area contributed by atoms with Gasteiger partial charge in [-0.15, -0.1) is 0 Å². The fraction of sp³-hybridized carbons (Fsp3) is 0.111. The first kappa shape index (κ1) is 21.8. The summed E-state index contributed by atoms with van der Waals surface area (Å²) in [5.74, 6) is 0.761. The maximum absolute atomic E-state index is 12.8. The molecule has 7 heteroatoms. The lowest BCUT2D eigenvalue weighted by Gasteiger charge is -2.11. The molecule has 0 aliphatic carbocycles. The van der Waals surface area contributed by atoms with E-state index in [9.17, 15) is 4.79 Å². The average molecular weight is 472 g/mol. The number of amides is 1. The van der Waals surface area contributed by atoms with Gasteiger partial charge in [-0.3, -0.25) is 10.1 Å². The Labute approximate surface area is 201 Å². The van der Waals surface area contributed by atoms with Crippen molar-refractivity contribution in [2.24, 2.45) is 0 Å². The molecule has 1 amide bonds. The van der Waals surface area contributed by atoms with E-state index in [1.807, 2.05) is 74.5 Å². The zero-order valence-corrected chi connectivity index (χ0v) is 19.4. The molecular formula is C27H22ClN3O3. The monoisotopic (exact) mass is 471 g/mol. The third-order valence-corrected chi connectivity index (χ3v) is 5.79. The summed E-state index contributed by atoms with van der Waals surface area (Å²) >= 11 is 6.05. The van der Waals surface area contributed by atoms with E-state index in [-0.39, 0.29) is 5.91 Å². The summed E-state index contributed by atoms with van der Waals surface area (Å²) in [6.45, 7) is 4.29. The molecule has 0 radical (unpaired) electrons. The second-order valence-electron chi connectivity index (χ2n) is 7.85. The van der Waals surface area contributed by atoms with E-state index in [0.29, 0.717) is 28.9 Å². The van der Waals surface area contributed by atoms with E-state index in [4.69, 9.17) is 20.8 Å². The van der Waals surface area contributed by atoms with Gasteiger partial charge in [-0.05, 0) is 55.3 Å². The van der Waals surface area contributed by atoms with Gasteiger partial charge in [-0.25, -0.2) is 4.98 Å². The number of anilines is 1. The summed E-state index contributed by atoms with van der Waals surface area (Å²) in [6.07, 6.45) is 3.26. The maximum atomic E-state index is 12.8. The Morgan fingerprint density at radius 3 is 2.74 bits per heavy atom. The predicted molar refractivity (Wildman–Crippen MR) is 136 cm³/mol. The van der Waals surface area contributed by atoms with Gasteiger partial charge in [0.1, 0.15) is 11.3 Å². The molecule has 0 atom stereocenters. The van der Waals surface area contributed by atoms with Gasteiger partial charge in [-0.2, -0.15) is 0 Å². The van der Waals surface area contributed by atoms with Gasteiger partial charge in [0, 0.05) is 33.7 Å². The number of carbonyl (C=O) groups excluding carboxylic acids is 1. The van der Waals surface area contributed by atoms with Crippen molar-refractivity contribution in [3.05, 3.63) is 83.6 Å². The van der Waals surface area contributed by atoms with Gasteiger partial charge in [0.05, 0.1) is 23.9 Å². The minimum atomic E-state index is -0.288. The molecule has 0 fully saturated rings. The van der Waals surface area contributed by atoms with Crippen LogP contribution in [-0.2, 0) is 4.79 Å². The second kappa shape index (κ2) is 9.08. The molecule has 5 aromatic rings. The molecule has 3 aromatic carbocycles. The van der Waals surface area contributed by atoms with Crippen LogP contribution in [0.3, 0.4) is 0 Å². The number of nitrogens with one attached hydrogen (secondary N) is 2. The number of imidazole rings is 1. The zero-order chi connectivity index (χ0) is 23.7. The highest BCUT2D eigenvalue weighted by Crippen LogP contribution is 2.37. The standard InChI is InChI=1S/C27H22ClN3O3/c1-3-33-24-14-25-20(21(15-34-25)17-8-10-18(28)11-9-17)13-19(24)16(2)12-26(32)31-27-29-22-6-4-5-7-23(22)30-27/h4-15H,3H2,1-2H3,(H2,29,30,31,32)/b16-12+. The highest BCUT2D eigenvalue weighted by atomic mass is 35.5. The number of allylic oxidation sites excluding steroid dienone is 1. The van der Waals surface area contributed by atoms with Crippen LogP contribution >= 0.6 is 11.6 Å². The average Bonchev–Trinajstić information content (AvgIpc) is 3.42. The number of benzene rings is 3. The van der Waals surface area contributed by atoms with Crippen molar-refractivity contribution < 1.29 is 13.9 Å². The summed E-state index contributed by atoms with van der Waals surface area (Å²) in [7, 11) is 0. The number of aromatic amines is 1. The summed E-state index contributed by atoms with van der Waals surface area (Å²) in [4.78, 5) is 20.3. The molecular weight excluding hydrogens is 450 g/mol. The number of halogens is 1. The first-order valence-corrected chi connectivity index (χ1v) is 11.3. The lowest BCUT2D eigenvalue weighted by Crippen LogP contribution is -2.10. The fourth-order valence-corrected chi connectivity index (χ4v) is 4.06. The van der Waals surface area contributed by atoms with Crippen LogP contribution in [0.2, 0.25) is 5.02 Å². The number of rotatable bonds is 6. The second-order valence-corrected chi connectivity index (χ2v) is 8.29. The van der Waals surface area contributed by atoms with Crippen molar-refractivity contribution in [1.82, 2.24) is 9.97 Å². The molecule has 0 saturated carbocycles. The van der Waals surface area contributed by atoms with E-state index in [1.165, 1.54) is 0 Å². The number of para-hydroxylation sites is 2. The Kier molecular flexibility index (Phi) is 5.82. The number of fused-ring (bicyclic) bond motifs is 2. The summed E-state index contributed by atoms with van der Waals surface area (Å²) in [5.41, 5.74) is 5.84. The van der Waals surface area contributed by atoms with Crippen molar-refractivity contribution in [3.8, 4) is 16.9 Å². The summed E-state index contributed by atoms with van der Waals surface area (Å²) in [6, 6.07) is 19.1. The smallest absolute Gasteiger partial charge is 0.250 e. The van der Waals surface area contributed by atoms with Gasteiger partial charge in [0.25, 0.3) is 5.91 Å². The van der Waals surface area contributed by atoms with Gasteiger partial charge in [-0.1, -0.05) is 35.9 Å². The number of furan rings is 1.